The highest BCUT2D eigenvalue weighted by Gasteiger charge is 2.24. The largest absolute Gasteiger partial charge is 0.399 e. The predicted octanol–water partition coefficient (Wildman–Crippen LogP) is 3.98. The molecule has 0 fully saturated rings. The summed E-state index contributed by atoms with van der Waals surface area (Å²) in [5.74, 6) is 1.79. The Kier molecular flexibility index (Phi) is 3.88. The number of likely N-dealkylation sites (N-methyl/N-ethyl adjacent to an activating group) is 1. The molecular formula is C17H20N2S. The number of hydrogen-bond donors (Lipinski definition) is 1. The van der Waals surface area contributed by atoms with Gasteiger partial charge in [-0.3, -0.25) is 0 Å². The Morgan fingerprint density at radius 2 is 2.05 bits per heavy atom. The number of anilines is 2. The van der Waals surface area contributed by atoms with Crippen molar-refractivity contribution in [3.05, 3.63) is 54.1 Å². The molecule has 2 aromatic rings. The van der Waals surface area contributed by atoms with Crippen LogP contribution in [0.4, 0.5) is 11.4 Å². The fourth-order valence-electron chi connectivity index (χ4n) is 2.79. The third kappa shape index (κ3) is 2.63. The normalized spacial score (nSPS) is 16.9. The summed E-state index contributed by atoms with van der Waals surface area (Å²) >= 11 is 1.98. The first-order chi connectivity index (χ1) is 9.78. The number of benzene rings is 2. The van der Waals surface area contributed by atoms with Crippen molar-refractivity contribution in [2.45, 2.75) is 17.7 Å². The molecule has 1 atom stereocenters. The molecule has 0 spiro atoms. The molecule has 20 heavy (non-hydrogen) atoms. The summed E-state index contributed by atoms with van der Waals surface area (Å²) in [5, 5.41) is 0. The lowest BCUT2D eigenvalue weighted by Gasteiger charge is -2.27. The Labute approximate surface area is 125 Å². The van der Waals surface area contributed by atoms with Crippen LogP contribution in [-0.2, 0) is 0 Å². The Hall–Kier alpha value is -1.61. The van der Waals surface area contributed by atoms with Gasteiger partial charge in [-0.25, -0.2) is 0 Å². The van der Waals surface area contributed by atoms with Gasteiger partial charge in [-0.1, -0.05) is 24.3 Å². The number of hydrogen-bond acceptors (Lipinski definition) is 3. The summed E-state index contributed by atoms with van der Waals surface area (Å²) < 4.78 is 0. The predicted molar refractivity (Wildman–Crippen MR) is 88.6 cm³/mol. The average Bonchev–Trinajstić information content (AvgIpc) is 2.88. The van der Waals surface area contributed by atoms with Crippen molar-refractivity contribution < 1.29 is 0 Å². The van der Waals surface area contributed by atoms with E-state index in [1.54, 1.807) is 0 Å². The third-order valence-electron chi connectivity index (χ3n) is 3.86. The molecule has 0 aromatic heterocycles. The van der Waals surface area contributed by atoms with Crippen molar-refractivity contribution in [3.8, 4) is 0 Å². The molecule has 0 radical (unpaired) electrons. The van der Waals surface area contributed by atoms with E-state index in [2.05, 4.69) is 48.2 Å². The van der Waals surface area contributed by atoms with E-state index in [9.17, 15) is 0 Å². The smallest absolute Gasteiger partial charge is 0.0386 e. The van der Waals surface area contributed by atoms with Crippen LogP contribution < -0.4 is 10.6 Å². The maximum absolute atomic E-state index is 5.91. The van der Waals surface area contributed by atoms with E-state index in [4.69, 9.17) is 5.73 Å². The summed E-state index contributed by atoms with van der Waals surface area (Å²) in [7, 11) is 0. The first kappa shape index (κ1) is 13.4. The van der Waals surface area contributed by atoms with E-state index in [0.717, 1.165) is 18.8 Å². The van der Waals surface area contributed by atoms with Crippen LogP contribution in [0, 0.1) is 0 Å². The summed E-state index contributed by atoms with van der Waals surface area (Å²) in [6.07, 6.45) is 0. The molecule has 1 aliphatic rings. The quantitative estimate of drug-likeness (QED) is 0.861. The van der Waals surface area contributed by atoms with Gasteiger partial charge in [-0.2, -0.15) is 0 Å². The second kappa shape index (κ2) is 5.80. The van der Waals surface area contributed by atoms with Gasteiger partial charge in [0.15, 0.2) is 0 Å². The zero-order valence-corrected chi connectivity index (χ0v) is 12.6. The van der Waals surface area contributed by atoms with Crippen LogP contribution in [0.25, 0.3) is 0 Å². The van der Waals surface area contributed by atoms with Gasteiger partial charge in [0.05, 0.1) is 0 Å². The van der Waals surface area contributed by atoms with Crippen molar-refractivity contribution in [1.29, 1.82) is 0 Å². The molecule has 0 saturated heterocycles. The first-order valence-corrected chi connectivity index (χ1v) is 8.08. The van der Waals surface area contributed by atoms with E-state index in [-0.39, 0.29) is 0 Å². The SMILES string of the molecule is CCN(CC1CSc2ccccc21)c1cccc(N)c1. The number of fused-ring (bicyclic) bond motifs is 1. The lowest BCUT2D eigenvalue weighted by atomic mass is 10.0. The van der Waals surface area contributed by atoms with Crippen LogP contribution in [0.2, 0.25) is 0 Å². The van der Waals surface area contributed by atoms with Crippen LogP contribution in [0.3, 0.4) is 0 Å². The minimum Gasteiger partial charge on any atom is -0.399 e. The van der Waals surface area contributed by atoms with Crippen molar-refractivity contribution in [1.82, 2.24) is 0 Å². The molecule has 1 aliphatic heterocycles. The fraction of sp³-hybridized carbons (Fsp3) is 0.294. The van der Waals surface area contributed by atoms with Crippen molar-refractivity contribution in [3.63, 3.8) is 0 Å². The van der Waals surface area contributed by atoms with Gasteiger partial charge in [0.2, 0.25) is 0 Å². The number of nitrogen functional groups attached to an aromatic ring is 1. The Balaban J connectivity index is 1.80. The van der Waals surface area contributed by atoms with Gasteiger partial charge in [0.1, 0.15) is 0 Å². The molecule has 0 saturated carbocycles. The molecule has 104 valence electrons. The van der Waals surface area contributed by atoms with E-state index < -0.39 is 0 Å². The van der Waals surface area contributed by atoms with Gasteiger partial charge in [-0.15, -0.1) is 11.8 Å². The third-order valence-corrected chi connectivity index (χ3v) is 5.11. The summed E-state index contributed by atoms with van der Waals surface area (Å²) in [5.41, 5.74) is 9.46. The molecule has 2 N–H and O–H groups in total. The van der Waals surface area contributed by atoms with Crippen molar-refractivity contribution in [2.75, 3.05) is 29.5 Å². The molecule has 1 heterocycles. The lowest BCUT2D eigenvalue weighted by molar-refractivity contribution is 0.711. The molecule has 1 unspecified atom stereocenters. The molecule has 0 bridgehead atoms. The molecule has 3 rings (SSSR count). The van der Waals surface area contributed by atoms with Crippen LogP contribution in [0.15, 0.2) is 53.4 Å². The van der Waals surface area contributed by atoms with Crippen LogP contribution in [0.5, 0.6) is 0 Å². The molecule has 2 aromatic carbocycles. The van der Waals surface area contributed by atoms with Gasteiger partial charge in [0.25, 0.3) is 0 Å². The van der Waals surface area contributed by atoms with Crippen LogP contribution in [-0.4, -0.2) is 18.8 Å². The number of nitrogens with zero attached hydrogens (tertiary/aromatic N) is 1. The monoisotopic (exact) mass is 284 g/mol. The van der Waals surface area contributed by atoms with E-state index in [1.165, 1.54) is 21.9 Å². The van der Waals surface area contributed by atoms with Crippen molar-refractivity contribution in [2.24, 2.45) is 0 Å². The summed E-state index contributed by atoms with van der Waals surface area (Å²) in [6, 6.07) is 17.0. The number of rotatable bonds is 4. The fourth-order valence-corrected chi connectivity index (χ4v) is 4.03. The molecule has 2 nitrogen and oxygen atoms in total. The summed E-state index contributed by atoms with van der Waals surface area (Å²) in [4.78, 5) is 3.87. The molecule has 0 amide bonds. The number of nitrogens with two attached hydrogens (primary N) is 1. The van der Waals surface area contributed by atoms with E-state index in [0.29, 0.717) is 5.92 Å². The maximum atomic E-state index is 5.91. The highest BCUT2D eigenvalue weighted by molar-refractivity contribution is 7.99. The molecular weight excluding hydrogens is 264 g/mol. The van der Waals surface area contributed by atoms with Gasteiger partial charge in [-0.05, 0) is 36.8 Å². The molecule has 3 heteroatoms. The zero-order valence-electron chi connectivity index (χ0n) is 11.8. The van der Waals surface area contributed by atoms with Gasteiger partial charge in [0, 0.05) is 41.0 Å². The second-order valence-electron chi connectivity index (χ2n) is 5.18. The minimum absolute atomic E-state index is 0.609. The van der Waals surface area contributed by atoms with Gasteiger partial charge < -0.3 is 10.6 Å². The van der Waals surface area contributed by atoms with E-state index in [1.807, 2.05) is 23.9 Å². The Morgan fingerprint density at radius 3 is 2.85 bits per heavy atom. The summed E-state index contributed by atoms with van der Waals surface area (Å²) in [6.45, 7) is 4.27. The topological polar surface area (TPSA) is 29.3 Å². The van der Waals surface area contributed by atoms with Crippen LogP contribution in [0.1, 0.15) is 18.4 Å². The zero-order chi connectivity index (χ0) is 13.9. The van der Waals surface area contributed by atoms with Gasteiger partial charge >= 0.3 is 0 Å². The molecule has 0 aliphatic carbocycles. The minimum atomic E-state index is 0.609. The lowest BCUT2D eigenvalue weighted by Crippen LogP contribution is -2.28. The first-order valence-electron chi connectivity index (χ1n) is 7.10. The standard InChI is InChI=1S/C17H20N2S/c1-2-19(15-7-5-6-14(18)10-15)11-13-12-20-17-9-4-3-8-16(13)17/h3-10,13H,2,11-12,18H2,1H3. The Bertz CT molecular complexity index is 597. The second-order valence-corrected chi connectivity index (χ2v) is 6.24. The van der Waals surface area contributed by atoms with Crippen LogP contribution >= 0.6 is 11.8 Å². The number of thioether (sulfide) groups is 1. The highest BCUT2D eigenvalue weighted by atomic mass is 32.2. The highest BCUT2D eigenvalue weighted by Crippen LogP contribution is 2.40. The average molecular weight is 284 g/mol. The maximum Gasteiger partial charge on any atom is 0.0386 e. The Morgan fingerprint density at radius 1 is 1.20 bits per heavy atom. The van der Waals surface area contributed by atoms with Crippen molar-refractivity contribution >= 4 is 23.1 Å². The van der Waals surface area contributed by atoms with E-state index >= 15 is 0 Å².